The Morgan fingerprint density at radius 1 is 1.05 bits per heavy atom. The molecule has 2 aromatic rings. The lowest BCUT2D eigenvalue weighted by molar-refractivity contribution is -0.140. The quantitative estimate of drug-likeness (QED) is 0.591. The highest BCUT2D eigenvalue weighted by molar-refractivity contribution is 7.99. The Labute approximate surface area is 126 Å². The van der Waals surface area contributed by atoms with Crippen molar-refractivity contribution < 1.29 is 14.7 Å². The van der Waals surface area contributed by atoms with Gasteiger partial charge in [-0.05, 0) is 34.9 Å². The number of carboxylic acid groups (broad SMARTS) is 1. The van der Waals surface area contributed by atoms with E-state index in [0.717, 1.165) is 20.9 Å². The standard InChI is InChI=1S/C17H12O3S/c18-10-14(17(19)20)12-7-8-16-13(9-12)6-5-11-3-1-2-4-15(11)21-16/h1-10,14H,(H,19,20). The van der Waals surface area contributed by atoms with E-state index in [9.17, 15) is 9.59 Å². The first-order valence-electron chi connectivity index (χ1n) is 6.46. The molecular weight excluding hydrogens is 284 g/mol. The molecule has 1 heterocycles. The molecule has 3 rings (SSSR count). The molecule has 21 heavy (non-hydrogen) atoms. The number of benzene rings is 2. The third-order valence-electron chi connectivity index (χ3n) is 3.38. The molecule has 0 spiro atoms. The lowest BCUT2D eigenvalue weighted by Crippen LogP contribution is -2.12. The molecule has 0 saturated heterocycles. The van der Waals surface area contributed by atoms with E-state index in [2.05, 4.69) is 6.07 Å². The Hall–Kier alpha value is -2.33. The summed E-state index contributed by atoms with van der Waals surface area (Å²) in [5.74, 6) is -2.24. The summed E-state index contributed by atoms with van der Waals surface area (Å²) in [6.45, 7) is 0. The molecule has 1 atom stereocenters. The van der Waals surface area contributed by atoms with E-state index in [0.29, 0.717) is 11.8 Å². The molecule has 1 N–H and O–H groups in total. The molecular formula is C17H12O3S. The molecule has 104 valence electrons. The molecule has 0 amide bonds. The molecule has 1 unspecified atom stereocenters. The van der Waals surface area contributed by atoms with Crippen molar-refractivity contribution in [1.29, 1.82) is 0 Å². The topological polar surface area (TPSA) is 54.4 Å². The van der Waals surface area contributed by atoms with Crippen LogP contribution in [-0.4, -0.2) is 17.4 Å². The van der Waals surface area contributed by atoms with E-state index in [1.165, 1.54) is 0 Å². The number of fused-ring (bicyclic) bond motifs is 2. The Bertz CT molecular complexity index is 749. The highest BCUT2D eigenvalue weighted by Crippen LogP contribution is 2.38. The average Bonchev–Trinajstić information content (AvgIpc) is 2.66. The SMILES string of the molecule is O=CC(C(=O)O)c1ccc2c(c1)C=Cc1ccccc1S2. The zero-order chi connectivity index (χ0) is 14.8. The van der Waals surface area contributed by atoms with Gasteiger partial charge in [0.25, 0.3) is 0 Å². The summed E-state index contributed by atoms with van der Waals surface area (Å²) < 4.78 is 0. The van der Waals surface area contributed by atoms with Crippen LogP contribution in [0.2, 0.25) is 0 Å². The number of carbonyl (C=O) groups excluding carboxylic acids is 1. The number of aldehydes is 1. The monoisotopic (exact) mass is 296 g/mol. The van der Waals surface area contributed by atoms with Crippen molar-refractivity contribution in [2.24, 2.45) is 0 Å². The number of carboxylic acids is 1. The fourth-order valence-electron chi connectivity index (χ4n) is 2.27. The number of hydrogen-bond donors (Lipinski definition) is 1. The molecule has 1 aliphatic rings. The van der Waals surface area contributed by atoms with Crippen LogP contribution in [0.5, 0.6) is 0 Å². The van der Waals surface area contributed by atoms with Gasteiger partial charge in [0.15, 0.2) is 0 Å². The summed E-state index contributed by atoms with van der Waals surface area (Å²) in [6.07, 6.45) is 4.43. The van der Waals surface area contributed by atoms with Crippen LogP contribution in [0.1, 0.15) is 22.6 Å². The van der Waals surface area contributed by atoms with Crippen molar-refractivity contribution >= 4 is 36.2 Å². The molecule has 2 aromatic carbocycles. The fraction of sp³-hybridized carbons (Fsp3) is 0.0588. The van der Waals surface area contributed by atoms with E-state index >= 15 is 0 Å². The van der Waals surface area contributed by atoms with Gasteiger partial charge in [0, 0.05) is 9.79 Å². The highest BCUT2D eigenvalue weighted by atomic mass is 32.2. The summed E-state index contributed by atoms with van der Waals surface area (Å²) in [5.41, 5.74) is 2.57. The maximum Gasteiger partial charge on any atom is 0.318 e. The molecule has 0 radical (unpaired) electrons. The van der Waals surface area contributed by atoms with Crippen molar-refractivity contribution in [3.8, 4) is 0 Å². The first-order valence-corrected chi connectivity index (χ1v) is 7.27. The van der Waals surface area contributed by atoms with E-state index in [1.807, 2.05) is 36.4 Å². The molecule has 4 heteroatoms. The van der Waals surface area contributed by atoms with E-state index in [4.69, 9.17) is 5.11 Å². The Morgan fingerprint density at radius 3 is 2.52 bits per heavy atom. The molecule has 0 saturated carbocycles. The van der Waals surface area contributed by atoms with Crippen LogP contribution in [0.15, 0.2) is 52.3 Å². The van der Waals surface area contributed by atoms with Gasteiger partial charge in [-0.1, -0.05) is 48.2 Å². The number of rotatable bonds is 3. The van der Waals surface area contributed by atoms with Gasteiger partial charge < -0.3 is 9.90 Å². The predicted octanol–water partition coefficient (Wildman–Crippen LogP) is 3.69. The summed E-state index contributed by atoms with van der Waals surface area (Å²) >= 11 is 1.64. The smallest absolute Gasteiger partial charge is 0.318 e. The van der Waals surface area contributed by atoms with Crippen LogP contribution in [0.3, 0.4) is 0 Å². The first-order chi connectivity index (χ1) is 10.2. The summed E-state index contributed by atoms with van der Waals surface area (Å²) in [7, 11) is 0. The van der Waals surface area contributed by atoms with E-state index in [1.54, 1.807) is 23.9 Å². The number of hydrogen-bond acceptors (Lipinski definition) is 3. The molecule has 0 fully saturated rings. The molecule has 0 aromatic heterocycles. The second-order valence-electron chi connectivity index (χ2n) is 4.72. The summed E-state index contributed by atoms with van der Waals surface area (Å²) in [5, 5.41) is 9.07. The van der Waals surface area contributed by atoms with Crippen molar-refractivity contribution in [2.75, 3.05) is 0 Å². The van der Waals surface area contributed by atoms with Gasteiger partial charge in [-0.2, -0.15) is 0 Å². The highest BCUT2D eigenvalue weighted by Gasteiger charge is 2.20. The van der Waals surface area contributed by atoms with Gasteiger partial charge in [0.05, 0.1) is 0 Å². The third-order valence-corrected chi connectivity index (χ3v) is 4.56. The Morgan fingerprint density at radius 2 is 1.76 bits per heavy atom. The fourth-order valence-corrected chi connectivity index (χ4v) is 3.29. The van der Waals surface area contributed by atoms with Crippen LogP contribution in [-0.2, 0) is 9.59 Å². The zero-order valence-electron chi connectivity index (χ0n) is 11.0. The minimum Gasteiger partial charge on any atom is -0.480 e. The minimum atomic E-state index is -1.13. The van der Waals surface area contributed by atoms with Crippen molar-refractivity contribution in [3.05, 3.63) is 59.2 Å². The third kappa shape index (κ3) is 2.62. The lowest BCUT2D eigenvalue weighted by atomic mass is 9.98. The number of aliphatic carboxylic acids is 1. The first kappa shape index (κ1) is 13.6. The second kappa shape index (κ2) is 5.58. The van der Waals surface area contributed by atoms with Crippen LogP contribution >= 0.6 is 11.8 Å². The predicted molar refractivity (Wildman–Crippen MR) is 82.4 cm³/mol. The van der Waals surface area contributed by atoms with Gasteiger partial charge in [-0.25, -0.2) is 0 Å². The van der Waals surface area contributed by atoms with Crippen LogP contribution in [0.4, 0.5) is 0 Å². The van der Waals surface area contributed by atoms with Crippen molar-refractivity contribution in [2.45, 2.75) is 15.7 Å². The molecule has 0 aliphatic carbocycles. The maximum absolute atomic E-state index is 11.1. The summed E-state index contributed by atoms with van der Waals surface area (Å²) in [4.78, 5) is 24.3. The van der Waals surface area contributed by atoms with Gasteiger partial charge >= 0.3 is 5.97 Å². The van der Waals surface area contributed by atoms with Crippen LogP contribution in [0, 0.1) is 0 Å². The Balaban J connectivity index is 2.05. The Kier molecular flexibility index (Phi) is 3.62. The van der Waals surface area contributed by atoms with Gasteiger partial charge in [-0.3, -0.25) is 4.79 Å². The van der Waals surface area contributed by atoms with Gasteiger partial charge in [0.2, 0.25) is 0 Å². The van der Waals surface area contributed by atoms with Crippen LogP contribution < -0.4 is 0 Å². The normalized spacial score (nSPS) is 13.7. The number of carbonyl (C=O) groups is 2. The average molecular weight is 296 g/mol. The molecule has 3 nitrogen and oxygen atoms in total. The lowest BCUT2D eigenvalue weighted by Gasteiger charge is -2.10. The maximum atomic E-state index is 11.1. The zero-order valence-corrected chi connectivity index (χ0v) is 11.8. The minimum absolute atomic E-state index is 0.465. The van der Waals surface area contributed by atoms with Gasteiger partial charge in [0.1, 0.15) is 12.2 Å². The van der Waals surface area contributed by atoms with Gasteiger partial charge in [-0.15, -0.1) is 0 Å². The van der Waals surface area contributed by atoms with E-state index < -0.39 is 11.9 Å². The molecule has 0 bridgehead atoms. The van der Waals surface area contributed by atoms with E-state index in [-0.39, 0.29) is 0 Å². The van der Waals surface area contributed by atoms with Crippen molar-refractivity contribution in [3.63, 3.8) is 0 Å². The molecule has 1 aliphatic heterocycles. The van der Waals surface area contributed by atoms with Crippen molar-refractivity contribution in [1.82, 2.24) is 0 Å². The second-order valence-corrected chi connectivity index (χ2v) is 5.81. The summed E-state index contributed by atoms with van der Waals surface area (Å²) in [6, 6.07) is 13.4. The largest absolute Gasteiger partial charge is 0.480 e. The van der Waals surface area contributed by atoms with Crippen LogP contribution in [0.25, 0.3) is 12.2 Å².